The van der Waals surface area contributed by atoms with Crippen LogP contribution in [0.1, 0.15) is 18.1 Å². The molecule has 0 unspecified atom stereocenters. The van der Waals surface area contributed by atoms with Crippen molar-refractivity contribution in [3.05, 3.63) is 64.7 Å². The standard InChI is InChI=1S/C18H21ClN2O/c1-13-4-6-15(7-5-13)12-21(3)14(2)18(22)20-17-10-8-16(19)9-11-17/h4-11,14H,12H2,1-3H3,(H,20,22)/t14-/m1/s1. The SMILES string of the molecule is Cc1ccc(CN(C)[C@H](C)C(=O)Nc2ccc(Cl)cc2)cc1. The molecule has 1 atom stereocenters. The summed E-state index contributed by atoms with van der Waals surface area (Å²) in [4.78, 5) is 14.3. The topological polar surface area (TPSA) is 32.3 Å². The molecule has 0 fully saturated rings. The Bertz CT molecular complexity index is 623. The van der Waals surface area contributed by atoms with Gasteiger partial charge in [0.05, 0.1) is 6.04 Å². The van der Waals surface area contributed by atoms with Crippen LogP contribution in [0.2, 0.25) is 5.02 Å². The van der Waals surface area contributed by atoms with Crippen molar-refractivity contribution >= 4 is 23.2 Å². The Morgan fingerprint density at radius 3 is 2.32 bits per heavy atom. The van der Waals surface area contributed by atoms with Gasteiger partial charge in [-0.2, -0.15) is 0 Å². The lowest BCUT2D eigenvalue weighted by atomic mass is 10.1. The van der Waals surface area contributed by atoms with E-state index in [1.807, 2.05) is 18.9 Å². The first-order chi connectivity index (χ1) is 10.5. The minimum Gasteiger partial charge on any atom is -0.325 e. The maximum absolute atomic E-state index is 12.3. The van der Waals surface area contributed by atoms with Gasteiger partial charge in [0, 0.05) is 17.3 Å². The predicted molar refractivity (Wildman–Crippen MR) is 92.2 cm³/mol. The normalized spacial score (nSPS) is 12.2. The molecule has 0 aromatic heterocycles. The fourth-order valence-corrected chi connectivity index (χ4v) is 2.22. The van der Waals surface area contributed by atoms with Gasteiger partial charge in [0.1, 0.15) is 0 Å². The molecule has 22 heavy (non-hydrogen) atoms. The van der Waals surface area contributed by atoms with Crippen LogP contribution >= 0.6 is 11.6 Å². The summed E-state index contributed by atoms with van der Waals surface area (Å²) in [5.41, 5.74) is 3.18. The van der Waals surface area contributed by atoms with Crippen molar-refractivity contribution in [2.75, 3.05) is 12.4 Å². The minimum atomic E-state index is -0.225. The molecule has 2 aromatic carbocycles. The maximum atomic E-state index is 12.3. The van der Waals surface area contributed by atoms with Crippen molar-refractivity contribution in [3.8, 4) is 0 Å². The zero-order valence-electron chi connectivity index (χ0n) is 13.1. The summed E-state index contributed by atoms with van der Waals surface area (Å²) in [5, 5.41) is 3.56. The molecule has 1 N–H and O–H groups in total. The van der Waals surface area contributed by atoms with E-state index in [-0.39, 0.29) is 11.9 Å². The molecule has 0 saturated heterocycles. The molecule has 3 nitrogen and oxygen atoms in total. The van der Waals surface area contributed by atoms with Crippen LogP contribution in [0.4, 0.5) is 5.69 Å². The van der Waals surface area contributed by atoms with Gasteiger partial charge in [0.15, 0.2) is 0 Å². The van der Waals surface area contributed by atoms with Crippen LogP contribution < -0.4 is 5.32 Å². The molecule has 1 amide bonds. The molecular formula is C18H21ClN2O. The number of rotatable bonds is 5. The zero-order chi connectivity index (χ0) is 16.1. The van der Waals surface area contributed by atoms with Crippen molar-refractivity contribution in [3.63, 3.8) is 0 Å². The molecule has 0 spiro atoms. The van der Waals surface area contributed by atoms with Gasteiger partial charge >= 0.3 is 0 Å². The second-order valence-electron chi connectivity index (χ2n) is 5.57. The number of aryl methyl sites for hydroxylation is 1. The summed E-state index contributed by atoms with van der Waals surface area (Å²) in [6.45, 7) is 4.70. The lowest BCUT2D eigenvalue weighted by Crippen LogP contribution is -2.39. The number of likely N-dealkylation sites (N-methyl/N-ethyl adjacent to an activating group) is 1. The average molecular weight is 317 g/mol. The highest BCUT2D eigenvalue weighted by Crippen LogP contribution is 2.15. The van der Waals surface area contributed by atoms with Crippen molar-refractivity contribution in [1.29, 1.82) is 0 Å². The molecule has 0 radical (unpaired) electrons. The number of nitrogens with one attached hydrogen (secondary N) is 1. The number of carbonyl (C=O) groups is 1. The highest BCUT2D eigenvalue weighted by atomic mass is 35.5. The van der Waals surface area contributed by atoms with Crippen LogP contribution in [0, 0.1) is 6.92 Å². The summed E-state index contributed by atoms with van der Waals surface area (Å²) >= 11 is 5.84. The monoisotopic (exact) mass is 316 g/mol. The minimum absolute atomic E-state index is 0.0306. The van der Waals surface area contributed by atoms with Gasteiger partial charge in [-0.05, 0) is 50.7 Å². The average Bonchev–Trinajstić information content (AvgIpc) is 2.51. The van der Waals surface area contributed by atoms with E-state index in [1.165, 1.54) is 11.1 Å². The Labute approximate surface area is 136 Å². The van der Waals surface area contributed by atoms with E-state index < -0.39 is 0 Å². The summed E-state index contributed by atoms with van der Waals surface area (Å²) in [5.74, 6) is -0.0306. The van der Waals surface area contributed by atoms with Crippen LogP contribution in [0.25, 0.3) is 0 Å². The Hall–Kier alpha value is -1.84. The zero-order valence-corrected chi connectivity index (χ0v) is 13.9. The number of halogens is 1. The third-order valence-corrected chi connectivity index (χ3v) is 3.96. The molecular weight excluding hydrogens is 296 g/mol. The summed E-state index contributed by atoms with van der Waals surface area (Å²) in [6, 6.07) is 15.3. The first-order valence-electron chi connectivity index (χ1n) is 7.28. The molecule has 0 saturated carbocycles. The number of benzene rings is 2. The van der Waals surface area contributed by atoms with Crippen LogP contribution in [0.15, 0.2) is 48.5 Å². The molecule has 2 rings (SSSR count). The lowest BCUT2D eigenvalue weighted by Gasteiger charge is -2.24. The largest absolute Gasteiger partial charge is 0.325 e. The smallest absolute Gasteiger partial charge is 0.241 e. The lowest BCUT2D eigenvalue weighted by molar-refractivity contribution is -0.120. The maximum Gasteiger partial charge on any atom is 0.241 e. The molecule has 0 heterocycles. The van der Waals surface area contributed by atoms with E-state index in [0.717, 1.165) is 12.2 Å². The van der Waals surface area contributed by atoms with E-state index in [9.17, 15) is 4.79 Å². The van der Waals surface area contributed by atoms with E-state index in [4.69, 9.17) is 11.6 Å². The molecule has 0 bridgehead atoms. The Kier molecular flexibility index (Phi) is 5.58. The third-order valence-electron chi connectivity index (χ3n) is 3.70. The third kappa shape index (κ3) is 4.58. The first kappa shape index (κ1) is 16.5. The Morgan fingerprint density at radius 2 is 1.73 bits per heavy atom. The van der Waals surface area contributed by atoms with Crippen molar-refractivity contribution < 1.29 is 4.79 Å². The van der Waals surface area contributed by atoms with Crippen LogP contribution in [0.3, 0.4) is 0 Å². The van der Waals surface area contributed by atoms with Gasteiger partial charge in [-0.25, -0.2) is 0 Å². The van der Waals surface area contributed by atoms with Crippen molar-refractivity contribution in [2.24, 2.45) is 0 Å². The second-order valence-corrected chi connectivity index (χ2v) is 6.01. The quantitative estimate of drug-likeness (QED) is 0.900. The highest BCUT2D eigenvalue weighted by Gasteiger charge is 2.18. The number of amides is 1. The van der Waals surface area contributed by atoms with Crippen LogP contribution in [-0.4, -0.2) is 23.9 Å². The summed E-state index contributed by atoms with van der Waals surface area (Å²) in [7, 11) is 1.95. The van der Waals surface area contributed by atoms with Gasteiger partial charge in [0.2, 0.25) is 5.91 Å². The Balaban J connectivity index is 1.94. The number of carbonyl (C=O) groups excluding carboxylic acids is 1. The number of hydrogen-bond acceptors (Lipinski definition) is 2. The number of hydrogen-bond donors (Lipinski definition) is 1. The molecule has 0 aliphatic carbocycles. The van der Waals surface area contributed by atoms with E-state index in [2.05, 4.69) is 36.5 Å². The van der Waals surface area contributed by atoms with E-state index in [1.54, 1.807) is 24.3 Å². The van der Waals surface area contributed by atoms with Crippen LogP contribution in [-0.2, 0) is 11.3 Å². The molecule has 0 aliphatic rings. The Morgan fingerprint density at radius 1 is 1.14 bits per heavy atom. The first-order valence-corrected chi connectivity index (χ1v) is 7.66. The van der Waals surface area contributed by atoms with E-state index in [0.29, 0.717) is 5.02 Å². The molecule has 116 valence electrons. The van der Waals surface area contributed by atoms with Gasteiger partial charge in [0.25, 0.3) is 0 Å². The second kappa shape index (κ2) is 7.43. The van der Waals surface area contributed by atoms with Gasteiger partial charge in [-0.3, -0.25) is 9.69 Å². The predicted octanol–water partition coefficient (Wildman–Crippen LogP) is 4.11. The summed E-state index contributed by atoms with van der Waals surface area (Å²) in [6.07, 6.45) is 0. The van der Waals surface area contributed by atoms with Gasteiger partial charge in [-0.1, -0.05) is 41.4 Å². The van der Waals surface area contributed by atoms with Gasteiger partial charge < -0.3 is 5.32 Å². The fraction of sp³-hybridized carbons (Fsp3) is 0.278. The molecule has 2 aromatic rings. The van der Waals surface area contributed by atoms with Gasteiger partial charge in [-0.15, -0.1) is 0 Å². The van der Waals surface area contributed by atoms with Crippen molar-refractivity contribution in [2.45, 2.75) is 26.4 Å². The number of anilines is 1. The summed E-state index contributed by atoms with van der Waals surface area (Å²) < 4.78 is 0. The number of nitrogens with zero attached hydrogens (tertiary/aromatic N) is 1. The molecule has 0 aliphatic heterocycles. The van der Waals surface area contributed by atoms with Crippen LogP contribution in [0.5, 0.6) is 0 Å². The molecule has 4 heteroatoms. The fourth-order valence-electron chi connectivity index (χ4n) is 2.10. The van der Waals surface area contributed by atoms with E-state index >= 15 is 0 Å². The highest BCUT2D eigenvalue weighted by molar-refractivity contribution is 6.30. The van der Waals surface area contributed by atoms with Crippen molar-refractivity contribution in [1.82, 2.24) is 4.90 Å².